The largest absolute Gasteiger partial charge is 0.392 e. The molecule has 3 atom stereocenters. The first-order chi connectivity index (χ1) is 5.74. The van der Waals surface area contributed by atoms with Gasteiger partial charge >= 0.3 is 0 Å². The molecule has 0 aromatic heterocycles. The molecule has 0 radical (unpaired) electrons. The minimum Gasteiger partial charge on any atom is -0.392 e. The van der Waals surface area contributed by atoms with Crippen molar-refractivity contribution in [3.8, 4) is 0 Å². The van der Waals surface area contributed by atoms with Gasteiger partial charge in [-0.25, -0.2) is 0 Å². The standard InChI is InChI=1S/C9H20N2O/c1-2-9(10)11-7-5-3-4-6-8(7)12/h7-9,11-12H,2-6,10H2,1H3. The summed E-state index contributed by atoms with van der Waals surface area (Å²) in [6.07, 6.45) is 5.14. The van der Waals surface area contributed by atoms with Gasteiger partial charge in [-0.2, -0.15) is 0 Å². The lowest BCUT2D eigenvalue weighted by Crippen LogP contribution is -2.50. The van der Waals surface area contributed by atoms with Crippen LogP contribution >= 0.6 is 0 Å². The molecule has 3 nitrogen and oxygen atoms in total. The highest BCUT2D eigenvalue weighted by molar-refractivity contribution is 4.81. The molecule has 0 saturated heterocycles. The maximum Gasteiger partial charge on any atom is 0.0693 e. The first kappa shape index (κ1) is 9.96. The molecule has 0 aromatic rings. The van der Waals surface area contributed by atoms with Crippen molar-refractivity contribution in [3.63, 3.8) is 0 Å². The summed E-state index contributed by atoms with van der Waals surface area (Å²) in [4.78, 5) is 0. The minimum absolute atomic E-state index is 0.0442. The number of aliphatic hydroxyl groups excluding tert-OH is 1. The molecule has 1 saturated carbocycles. The smallest absolute Gasteiger partial charge is 0.0693 e. The maximum absolute atomic E-state index is 9.60. The lowest BCUT2D eigenvalue weighted by atomic mass is 9.92. The van der Waals surface area contributed by atoms with E-state index in [0.29, 0.717) is 0 Å². The zero-order chi connectivity index (χ0) is 8.97. The van der Waals surface area contributed by atoms with Gasteiger partial charge in [0, 0.05) is 6.04 Å². The first-order valence-electron chi connectivity index (χ1n) is 4.93. The van der Waals surface area contributed by atoms with Gasteiger partial charge in [0.15, 0.2) is 0 Å². The number of aliphatic hydroxyl groups is 1. The first-order valence-corrected chi connectivity index (χ1v) is 4.93. The minimum atomic E-state index is -0.184. The Morgan fingerprint density at radius 3 is 2.75 bits per heavy atom. The van der Waals surface area contributed by atoms with Crippen LogP contribution in [0, 0.1) is 0 Å². The quantitative estimate of drug-likeness (QED) is 0.546. The van der Waals surface area contributed by atoms with Crippen LogP contribution in [0.2, 0.25) is 0 Å². The summed E-state index contributed by atoms with van der Waals surface area (Å²) in [5.74, 6) is 0. The van der Waals surface area contributed by atoms with Crippen LogP contribution in [0.1, 0.15) is 39.0 Å². The second-order valence-electron chi connectivity index (χ2n) is 3.64. The van der Waals surface area contributed by atoms with Gasteiger partial charge in [-0.15, -0.1) is 0 Å². The Morgan fingerprint density at radius 1 is 1.50 bits per heavy atom. The highest BCUT2D eigenvalue weighted by atomic mass is 16.3. The molecule has 1 fully saturated rings. The summed E-state index contributed by atoms with van der Waals surface area (Å²) in [5.41, 5.74) is 5.74. The van der Waals surface area contributed by atoms with E-state index in [4.69, 9.17) is 5.73 Å². The van der Waals surface area contributed by atoms with E-state index < -0.39 is 0 Å². The second kappa shape index (κ2) is 4.80. The highest BCUT2D eigenvalue weighted by Gasteiger charge is 2.23. The third kappa shape index (κ3) is 2.73. The predicted octanol–water partition coefficient (Wildman–Crippen LogP) is 0.574. The summed E-state index contributed by atoms with van der Waals surface area (Å²) in [6, 6.07) is 0.230. The van der Waals surface area contributed by atoms with Crippen LogP contribution < -0.4 is 11.1 Å². The van der Waals surface area contributed by atoms with E-state index in [-0.39, 0.29) is 18.3 Å². The molecule has 72 valence electrons. The van der Waals surface area contributed by atoms with Gasteiger partial charge in [-0.3, -0.25) is 5.32 Å². The van der Waals surface area contributed by atoms with E-state index in [1.54, 1.807) is 0 Å². The molecule has 4 N–H and O–H groups in total. The molecule has 1 aliphatic carbocycles. The zero-order valence-corrected chi connectivity index (χ0v) is 7.79. The predicted molar refractivity (Wildman–Crippen MR) is 49.7 cm³/mol. The van der Waals surface area contributed by atoms with Crippen molar-refractivity contribution in [2.24, 2.45) is 5.73 Å². The van der Waals surface area contributed by atoms with Crippen LogP contribution in [0.3, 0.4) is 0 Å². The van der Waals surface area contributed by atoms with Crippen molar-refractivity contribution < 1.29 is 5.11 Å². The zero-order valence-electron chi connectivity index (χ0n) is 7.79. The van der Waals surface area contributed by atoms with E-state index in [0.717, 1.165) is 25.7 Å². The molecular formula is C9H20N2O. The van der Waals surface area contributed by atoms with Crippen molar-refractivity contribution >= 4 is 0 Å². The van der Waals surface area contributed by atoms with Gasteiger partial charge in [-0.05, 0) is 19.3 Å². The topological polar surface area (TPSA) is 58.3 Å². The Bertz CT molecular complexity index is 130. The van der Waals surface area contributed by atoms with Crippen LogP contribution in [-0.2, 0) is 0 Å². The van der Waals surface area contributed by atoms with Gasteiger partial charge in [0.2, 0.25) is 0 Å². The molecule has 3 unspecified atom stereocenters. The summed E-state index contributed by atoms with van der Waals surface area (Å²) in [7, 11) is 0. The monoisotopic (exact) mass is 172 g/mol. The van der Waals surface area contributed by atoms with Crippen LogP contribution in [0.4, 0.5) is 0 Å². The lowest BCUT2D eigenvalue weighted by Gasteiger charge is -2.30. The summed E-state index contributed by atoms with van der Waals surface area (Å²) < 4.78 is 0. The third-order valence-electron chi connectivity index (χ3n) is 2.60. The lowest BCUT2D eigenvalue weighted by molar-refractivity contribution is 0.0849. The molecule has 12 heavy (non-hydrogen) atoms. The SMILES string of the molecule is CCC(N)NC1CCCCC1O. The average molecular weight is 172 g/mol. The molecule has 0 heterocycles. The van der Waals surface area contributed by atoms with E-state index in [2.05, 4.69) is 5.32 Å². The fourth-order valence-electron chi connectivity index (χ4n) is 1.70. The van der Waals surface area contributed by atoms with E-state index in [1.165, 1.54) is 6.42 Å². The number of nitrogens with one attached hydrogen (secondary N) is 1. The number of hydrogen-bond acceptors (Lipinski definition) is 3. The molecule has 0 aliphatic heterocycles. The Labute approximate surface area is 74.3 Å². The van der Waals surface area contributed by atoms with E-state index in [1.807, 2.05) is 6.92 Å². The average Bonchev–Trinajstić information content (AvgIpc) is 2.09. The van der Waals surface area contributed by atoms with Crippen LogP contribution in [0.5, 0.6) is 0 Å². The molecule has 0 aromatic carbocycles. The normalized spacial score (nSPS) is 33.2. The fourth-order valence-corrected chi connectivity index (χ4v) is 1.70. The molecule has 0 amide bonds. The van der Waals surface area contributed by atoms with Gasteiger partial charge in [0.1, 0.15) is 0 Å². The van der Waals surface area contributed by atoms with E-state index in [9.17, 15) is 5.11 Å². The van der Waals surface area contributed by atoms with E-state index >= 15 is 0 Å². The van der Waals surface area contributed by atoms with Crippen molar-refractivity contribution in [2.45, 2.75) is 57.3 Å². The molecule has 1 aliphatic rings. The Hall–Kier alpha value is -0.120. The molecule has 1 rings (SSSR count). The van der Waals surface area contributed by atoms with Crippen LogP contribution in [0.25, 0.3) is 0 Å². The molecule has 0 bridgehead atoms. The van der Waals surface area contributed by atoms with Crippen molar-refractivity contribution in [2.75, 3.05) is 0 Å². The Morgan fingerprint density at radius 2 is 2.17 bits per heavy atom. The fraction of sp³-hybridized carbons (Fsp3) is 1.00. The number of nitrogens with two attached hydrogens (primary N) is 1. The van der Waals surface area contributed by atoms with Crippen molar-refractivity contribution in [3.05, 3.63) is 0 Å². The Kier molecular flexibility index (Phi) is 3.98. The van der Waals surface area contributed by atoms with Gasteiger partial charge in [-0.1, -0.05) is 19.8 Å². The Balaban J connectivity index is 2.28. The van der Waals surface area contributed by atoms with Gasteiger partial charge < -0.3 is 10.8 Å². The maximum atomic E-state index is 9.60. The second-order valence-corrected chi connectivity index (χ2v) is 3.64. The molecule has 3 heteroatoms. The summed E-state index contributed by atoms with van der Waals surface area (Å²) >= 11 is 0. The molecular weight excluding hydrogens is 152 g/mol. The third-order valence-corrected chi connectivity index (χ3v) is 2.60. The van der Waals surface area contributed by atoms with Gasteiger partial charge in [0.25, 0.3) is 0 Å². The number of rotatable bonds is 3. The van der Waals surface area contributed by atoms with Crippen LogP contribution in [0.15, 0.2) is 0 Å². The summed E-state index contributed by atoms with van der Waals surface area (Å²) in [6.45, 7) is 2.05. The van der Waals surface area contributed by atoms with Crippen molar-refractivity contribution in [1.29, 1.82) is 0 Å². The summed E-state index contributed by atoms with van der Waals surface area (Å²) in [5, 5.41) is 12.8. The molecule has 0 spiro atoms. The van der Waals surface area contributed by atoms with Gasteiger partial charge in [0.05, 0.1) is 12.3 Å². The van der Waals surface area contributed by atoms with Crippen molar-refractivity contribution in [1.82, 2.24) is 5.32 Å². The highest BCUT2D eigenvalue weighted by Crippen LogP contribution is 2.18. The number of hydrogen-bond donors (Lipinski definition) is 3. The van der Waals surface area contributed by atoms with Crippen LogP contribution in [-0.4, -0.2) is 23.4 Å².